The van der Waals surface area contributed by atoms with Crippen LogP contribution in [0.1, 0.15) is 15.9 Å². The van der Waals surface area contributed by atoms with Gasteiger partial charge in [0.1, 0.15) is 5.82 Å². The summed E-state index contributed by atoms with van der Waals surface area (Å²) in [6.07, 6.45) is 0.466. The number of aromatic hydroxyl groups is 2. The van der Waals surface area contributed by atoms with Crippen molar-refractivity contribution in [3.8, 4) is 11.5 Å². The average Bonchev–Trinajstić information content (AvgIpc) is 2.43. The largest absolute Gasteiger partial charge is 0.504 e. The van der Waals surface area contributed by atoms with Crippen LogP contribution in [0, 0.1) is 5.82 Å². The summed E-state index contributed by atoms with van der Waals surface area (Å²) in [7, 11) is 0. The number of phenolic OH excluding ortho intramolecular Hbond substituents is 2. The first-order valence-electron chi connectivity index (χ1n) is 6.11. The molecule has 0 unspecified atom stereocenters. The van der Waals surface area contributed by atoms with Gasteiger partial charge < -0.3 is 15.5 Å². The van der Waals surface area contributed by atoms with Gasteiger partial charge >= 0.3 is 0 Å². The molecule has 104 valence electrons. The van der Waals surface area contributed by atoms with Crippen molar-refractivity contribution in [2.75, 3.05) is 6.54 Å². The van der Waals surface area contributed by atoms with Gasteiger partial charge in [0.25, 0.3) is 5.91 Å². The number of amides is 1. The van der Waals surface area contributed by atoms with Crippen LogP contribution >= 0.6 is 0 Å². The number of nitrogens with one attached hydrogen (secondary N) is 1. The van der Waals surface area contributed by atoms with Crippen molar-refractivity contribution in [1.29, 1.82) is 0 Å². The maximum Gasteiger partial charge on any atom is 0.254 e. The number of carbonyl (C=O) groups excluding carboxylic acids is 1. The summed E-state index contributed by atoms with van der Waals surface area (Å²) in [5.41, 5.74) is 0.759. The van der Waals surface area contributed by atoms with Crippen LogP contribution in [0.2, 0.25) is 0 Å². The molecule has 0 radical (unpaired) electrons. The number of carbonyl (C=O) groups is 1. The minimum Gasteiger partial charge on any atom is -0.504 e. The van der Waals surface area contributed by atoms with Gasteiger partial charge in [-0.25, -0.2) is 4.39 Å². The highest BCUT2D eigenvalue weighted by atomic mass is 19.1. The minimum absolute atomic E-state index is 0.000975. The Bertz CT molecular complexity index is 628. The lowest BCUT2D eigenvalue weighted by atomic mass is 10.1. The van der Waals surface area contributed by atoms with E-state index in [1.165, 1.54) is 30.3 Å². The van der Waals surface area contributed by atoms with E-state index >= 15 is 0 Å². The van der Waals surface area contributed by atoms with Crippen LogP contribution in [0.25, 0.3) is 0 Å². The van der Waals surface area contributed by atoms with Gasteiger partial charge in [-0.3, -0.25) is 4.79 Å². The zero-order valence-electron chi connectivity index (χ0n) is 10.6. The highest BCUT2D eigenvalue weighted by Crippen LogP contribution is 2.24. The first-order chi connectivity index (χ1) is 9.58. The van der Waals surface area contributed by atoms with E-state index in [9.17, 15) is 19.4 Å². The number of benzene rings is 2. The molecule has 2 aromatic rings. The molecule has 0 aromatic heterocycles. The Morgan fingerprint density at radius 1 is 1.10 bits per heavy atom. The Kier molecular flexibility index (Phi) is 4.20. The number of hydrogen-bond acceptors (Lipinski definition) is 3. The fourth-order valence-corrected chi connectivity index (χ4v) is 1.79. The predicted octanol–water partition coefficient (Wildman–Crippen LogP) is 2.21. The van der Waals surface area contributed by atoms with Gasteiger partial charge in [0, 0.05) is 6.54 Å². The number of rotatable bonds is 4. The fourth-order valence-electron chi connectivity index (χ4n) is 1.79. The van der Waals surface area contributed by atoms with Gasteiger partial charge in [-0.2, -0.15) is 0 Å². The Morgan fingerprint density at radius 2 is 1.85 bits per heavy atom. The van der Waals surface area contributed by atoms with E-state index in [1.54, 1.807) is 12.1 Å². The average molecular weight is 275 g/mol. The standard InChI is InChI=1S/C15H14FNO3/c16-12-4-2-1-3-11(12)15(20)17-8-7-10-5-6-13(18)14(19)9-10/h1-6,9,18-19H,7-8H2,(H,17,20). The molecule has 0 spiro atoms. The third-order valence-corrected chi connectivity index (χ3v) is 2.86. The summed E-state index contributed by atoms with van der Waals surface area (Å²) >= 11 is 0. The van der Waals surface area contributed by atoms with Crippen molar-refractivity contribution in [1.82, 2.24) is 5.32 Å². The molecule has 0 saturated carbocycles. The minimum atomic E-state index is -0.563. The number of phenols is 2. The zero-order chi connectivity index (χ0) is 14.5. The third kappa shape index (κ3) is 3.26. The van der Waals surface area contributed by atoms with E-state index in [0.29, 0.717) is 13.0 Å². The fraction of sp³-hybridized carbons (Fsp3) is 0.133. The highest BCUT2D eigenvalue weighted by molar-refractivity contribution is 5.94. The molecule has 0 fully saturated rings. The number of halogens is 1. The molecule has 5 heteroatoms. The molecular formula is C15H14FNO3. The lowest BCUT2D eigenvalue weighted by molar-refractivity contribution is 0.0950. The molecule has 4 nitrogen and oxygen atoms in total. The van der Waals surface area contributed by atoms with Crippen LogP contribution in [0.15, 0.2) is 42.5 Å². The van der Waals surface area contributed by atoms with Crippen LogP contribution in [0.5, 0.6) is 11.5 Å². The predicted molar refractivity (Wildman–Crippen MR) is 72.2 cm³/mol. The van der Waals surface area contributed by atoms with Crippen molar-refractivity contribution < 1.29 is 19.4 Å². The van der Waals surface area contributed by atoms with E-state index in [0.717, 1.165) is 5.56 Å². The molecule has 0 heterocycles. The van der Waals surface area contributed by atoms with Gasteiger partial charge in [0.15, 0.2) is 11.5 Å². The summed E-state index contributed by atoms with van der Waals surface area (Å²) in [6.45, 7) is 0.303. The van der Waals surface area contributed by atoms with Crippen molar-refractivity contribution >= 4 is 5.91 Å². The van der Waals surface area contributed by atoms with Crippen LogP contribution in [0.3, 0.4) is 0 Å². The van der Waals surface area contributed by atoms with Gasteiger partial charge in [-0.05, 0) is 36.2 Å². The van der Waals surface area contributed by atoms with Gasteiger partial charge in [-0.15, -0.1) is 0 Å². The summed E-state index contributed by atoms with van der Waals surface area (Å²) in [5.74, 6) is -1.44. The molecule has 2 aromatic carbocycles. The summed E-state index contributed by atoms with van der Waals surface area (Å²) in [5, 5.41) is 21.1. The lowest BCUT2D eigenvalue weighted by Gasteiger charge is -2.07. The van der Waals surface area contributed by atoms with Crippen molar-refractivity contribution in [2.24, 2.45) is 0 Å². The summed E-state index contributed by atoms with van der Waals surface area (Å²) < 4.78 is 13.4. The molecule has 0 aliphatic rings. The summed E-state index contributed by atoms with van der Waals surface area (Å²) in [4.78, 5) is 11.7. The smallest absolute Gasteiger partial charge is 0.254 e. The quantitative estimate of drug-likeness (QED) is 0.749. The van der Waals surface area contributed by atoms with Crippen LogP contribution < -0.4 is 5.32 Å². The maximum absolute atomic E-state index is 13.4. The highest BCUT2D eigenvalue weighted by Gasteiger charge is 2.09. The molecule has 1 amide bonds. The van der Waals surface area contributed by atoms with Crippen LogP contribution in [-0.4, -0.2) is 22.7 Å². The molecule has 3 N–H and O–H groups in total. The molecule has 2 rings (SSSR count). The van der Waals surface area contributed by atoms with Crippen molar-refractivity contribution in [3.05, 3.63) is 59.4 Å². The van der Waals surface area contributed by atoms with E-state index in [2.05, 4.69) is 5.32 Å². The first kappa shape index (κ1) is 13.9. The second-order valence-electron chi connectivity index (χ2n) is 4.31. The van der Waals surface area contributed by atoms with Crippen LogP contribution in [-0.2, 0) is 6.42 Å². The van der Waals surface area contributed by atoms with E-state index in [1.807, 2.05) is 0 Å². The normalized spacial score (nSPS) is 10.2. The molecule has 0 atom stereocenters. The van der Waals surface area contributed by atoms with E-state index in [-0.39, 0.29) is 17.1 Å². The molecule has 20 heavy (non-hydrogen) atoms. The Labute approximate surface area is 115 Å². The van der Waals surface area contributed by atoms with Gasteiger partial charge in [0.05, 0.1) is 5.56 Å². The second-order valence-corrected chi connectivity index (χ2v) is 4.31. The van der Waals surface area contributed by atoms with Gasteiger partial charge in [-0.1, -0.05) is 18.2 Å². The molecule has 0 bridgehead atoms. The van der Waals surface area contributed by atoms with E-state index < -0.39 is 11.7 Å². The Balaban J connectivity index is 1.91. The molecular weight excluding hydrogens is 261 g/mol. The Hall–Kier alpha value is -2.56. The lowest BCUT2D eigenvalue weighted by Crippen LogP contribution is -2.26. The van der Waals surface area contributed by atoms with Crippen molar-refractivity contribution in [3.63, 3.8) is 0 Å². The third-order valence-electron chi connectivity index (χ3n) is 2.86. The zero-order valence-corrected chi connectivity index (χ0v) is 10.6. The SMILES string of the molecule is O=C(NCCc1ccc(O)c(O)c1)c1ccccc1F. The molecule has 0 saturated heterocycles. The first-order valence-corrected chi connectivity index (χ1v) is 6.11. The summed E-state index contributed by atoms with van der Waals surface area (Å²) in [6, 6.07) is 10.2. The second kappa shape index (κ2) is 6.06. The maximum atomic E-state index is 13.4. The van der Waals surface area contributed by atoms with Gasteiger partial charge in [0.2, 0.25) is 0 Å². The van der Waals surface area contributed by atoms with E-state index in [4.69, 9.17) is 0 Å². The Morgan fingerprint density at radius 3 is 2.55 bits per heavy atom. The van der Waals surface area contributed by atoms with Crippen LogP contribution in [0.4, 0.5) is 4.39 Å². The topological polar surface area (TPSA) is 69.6 Å². The monoisotopic (exact) mass is 275 g/mol. The molecule has 0 aliphatic carbocycles. The number of hydrogen-bond donors (Lipinski definition) is 3. The van der Waals surface area contributed by atoms with Crippen molar-refractivity contribution in [2.45, 2.75) is 6.42 Å². The molecule has 0 aliphatic heterocycles.